The van der Waals surface area contributed by atoms with E-state index in [1.807, 2.05) is 31.2 Å². The number of hydrogen-bond donors (Lipinski definition) is 2. The standard InChI is InChI=1S/C16H15NO3/c1-10-4-6-13-12(9-10)11(5-7-15(18)19)16(17-13)14-3-2-8-20-14/h2-4,6,8-9,17H,5,7H2,1H3,(H,18,19). The van der Waals surface area contributed by atoms with E-state index in [0.717, 1.165) is 33.5 Å². The largest absolute Gasteiger partial charge is 0.481 e. The van der Waals surface area contributed by atoms with Crippen LogP contribution in [-0.4, -0.2) is 16.1 Å². The zero-order valence-corrected chi connectivity index (χ0v) is 11.1. The fourth-order valence-electron chi connectivity index (χ4n) is 2.48. The molecule has 2 heterocycles. The second-order valence-electron chi connectivity index (χ2n) is 4.90. The molecular weight excluding hydrogens is 254 g/mol. The summed E-state index contributed by atoms with van der Waals surface area (Å²) in [6.07, 6.45) is 2.20. The van der Waals surface area contributed by atoms with Gasteiger partial charge < -0.3 is 14.5 Å². The molecule has 0 atom stereocenters. The molecule has 2 N–H and O–H groups in total. The van der Waals surface area contributed by atoms with Crippen molar-refractivity contribution in [1.29, 1.82) is 0 Å². The van der Waals surface area contributed by atoms with E-state index >= 15 is 0 Å². The van der Waals surface area contributed by atoms with Crippen LogP contribution in [0.4, 0.5) is 0 Å². The van der Waals surface area contributed by atoms with Crippen LogP contribution >= 0.6 is 0 Å². The highest BCUT2D eigenvalue weighted by Gasteiger charge is 2.16. The molecule has 0 aliphatic heterocycles. The second kappa shape index (κ2) is 4.89. The summed E-state index contributed by atoms with van der Waals surface area (Å²) < 4.78 is 5.45. The number of H-pyrrole nitrogens is 1. The molecule has 2 aromatic heterocycles. The van der Waals surface area contributed by atoms with Crippen LogP contribution in [0, 0.1) is 6.92 Å². The summed E-state index contributed by atoms with van der Waals surface area (Å²) in [6.45, 7) is 2.03. The van der Waals surface area contributed by atoms with Gasteiger partial charge in [-0.15, -0.1) is 0 Å². The predicted molar refractivity (Wildman–Crippen MR) is 76.7 cm³/mol. The number of carbonyl (C=O) groups is 1. The average molecular weight is 269 g/mol. The minimum absolute atomic E-state index is 0.106. The first-order valence-corrected chi connectivity index (χ1v) is 6.52. The molecular formula is C16H15NO3. The number of aromatic nitrogens is 1. The van der Waals surface area contributed by atoms with Crippen LogP contribution in [0.2, 0.25) is 0 Å². The number of rotatable bonds is 4. The second-order valence-corrected chi connectivity index (χ2v) is 4.90. The van der Waals surface area contributed by atoms with E-state index in [1.54, 1.807) is 6.26 Å². The van der Waals surface area contributed by atoms with Gasteiger partial charge in [0.2, 0.25) is 0 Å². The van der Waals surface area contributed by atoms with E-state index in [1.165, 1.54) is 0 Å². The summed E-state index contributed by atoms with van der Waals surface area (Å²) in [5, 5.41) is 9.99. The lowest BCUT2D eigenvalue weighted by Gasteiger charge is -2.01. The van der Waals surface area contributed by atoms with Crippen molar-refractivity contribution in [2.45, 2.75) is 19.8 Å². The fourth-order valence-corrected chi connectivity index (χ4v) is 2.48. The van der Waals surface area contributed by atoms with Crippen molar-refractivity contribution in [3.05, 3.63) is 47.7 Å². The number of nitrogens with one attached hydrogen (secondary N) is 1. The first-order valence-electron chi connectivity index (χ1n) is 6.52. The molecule has 0 spiro atoms. The SMILES string of the molecule is Cc1ccc2[nH]c(-c3ccco3)c(CCC(=O)O)c2c1. The molecule has 0 amide bonds. The van der Waals surface area contributed by atoms with Crippen LogP contribution in [0.25, 0.3) is 22.4 Å². The Bertz CT molecular complexity index is 753. The Morgan fingerprint density at radius 2 is 2.20 bits per heavy atom. The van der Waals surface area contributed by atoms with Crippen LogP contribution in [0.3, 0.4) is 0 Å². The van der Waals surface area contributed by atoms with Crippen molar-refractivity contribution in [1.82, 2.24) is 4.98 Å². The maximum atomic E-state index is 10.9. The molecule has 0 radical (unpaired) electrons. The number of hydrogen-bond acceptors (Lipinski definition) is 2. The van der Waals surface area contributed by atoms with Gasteiger partial charge >= 0.3 is 5.97 Å². The lowest BCUT2D eigenvalue weighted by atomic mass is 10.0. The van der Waals surface area contributed by atoms with Gasteiger partial charge in [0, 0.05) is 17.3 Å². The Balaban J connectivity index is 2.17. The molecule has 4 nitrogen and oxygen atoms in total. The Kier molecular flexibility index (Phi) is 3.06. The first kappa shape index (κ1) is 12.5. The summed E-state index contributed by atoms with van der Waals surface area (Å²) in [4.78, 5) is 14.2. The maximum Gasteiger partial charge on any atom is 0.303 e. The number of benzene rings is 1. The fraction of sp³-hybridized carbons (Fsp3) is 0.188. The van der Waals surface area contributed by atoms with Crippen molar-refractivity contribution in [2.75, 3.05) is 0 Å². The van der Waals surface area contributed by atoms with Crippen molar-refractivity contribution < 1.29 is 14.3 Å². The normalized spacial score (nSPS) is 11.1. The summed E-state index contributed by atoms with van der Waals surface area (Å²) in [5.41, 5.74) is 4.03. The maximum absolute atomic E-state index is 10.9. The van der Waals surface area contributed by atoms with E-state index in [2.05, 4.69) is 11.1 Å². The lowest BCUT2D eigenvalue weighted by Crippen LogP contribution is -1.98. The minimum atomic E-state index is -0.794. The Hall–Kier alpha value is -2.49. The minimum Gasteiger partial charge on any atom is -0.481 e. The van der Waals surface area contributed by atoms with Crippen molar-refractivity contribution in [3.63, 3.8) is 0 Å². The van der Waals surface area contributed by atoms with Crippen LogP contribution in [0.5, 0.6) is 0 Å². The van der Waals surface area contributed by atoms with E-state index in [-0.39, 0.29) is 6.42 Å². The highest BCUT2D eigenvalue weighted by atomic mass is 16.4. The summed E-state index contributed by atoms with van der Waals surface area (Å²) in [5.74, 6) is -0.0587. The molecule has 0 saturated heterocycles. The Morgan fingerprint density at radius 3 is 2.90 bits per heavy atom. The smallest absolute Gasteiger partial charge is 0.303 e. The van der Waals surface area contributed by atoms with Gasteiger partial charge in [-0.25, -0.2) is 0 Å². The van der Waals surface area contributed by atoms with Gasteiger partial charge in [-0.1, -0.05) is 11.6 Å². The van der Waals surface area contributed by atoms with E-state index < -0.39 is 5.97 Å². The number of aryl methyl sites for hydroxylation is 2. The Labute approximate surface area is 116 Å². The monoisotopic (exact) mass is 269 g/mol. The number of furan rings is 1. The number of aliphatic carboxylic acids is 1. The van der Waals surface area contributed by atoms with Crippen LogP contribution in [0.1, 0.15) is 17.5 Å². The van der Waals surface area contributed by atoms with Crippen molar-refractivity contribution in [2.24, 2.45) is 0 Å². The zero-order valence-electron chi connectivity index (χ0n) is 11.1. The third kappa shape index (κ3) is 2.20. The highest BCUT2D eigenvalue weighted by Crippen LogP contribution is 2.32. The van der Waals surface area contributed by atoms with Gasteiger partial charge in [-0.05, 0) is 43.2 Å². The van der Waals surface area contributed by atoms with Crippen LogP contribution in [-0.2, 0) is 11.2 Å². The van der Waals surface area contributed by atoms with Crippen LogP contribution in [0.15, 0.2) is 41.0 Å². The van der Waals surface area contributed by atoms with Gasteiger partial charge in [0.15, 0.2) is 0 Å². The molecule has 0 bridgehead atoms. The molecule has 3 rings (SSSR count). The third-order valence-electron chi connectivity index (χ3n) is 3.42. The molecule has 0 aliphatic carbocycles. The first-order chi connectivity index (χ1) is 9.65. The molecule has 1 aromatic carbocycles. The molecule has 0 saturated carbocycles. The van der Waals surface area contributed by atoms with Crippen LogP contribution < -0.4 is 0 Å². The van der Waals surface area contributed by atoms with E-state index in [0.29, 0.717) is 6.42 Å². The van der Waals surface area contributed by atoms with E-state index in [4.69, 9.17) is 9.52 Å². The molecule has 0 aliphatic rings. The lowest BCUT2D eigenvalue weighted by molar-refractivity contribution is -0.136. The molecule has 20 heavy (non-hydrogen) atoms. The zero-order chi connectivity index (χ0) is 14.1. The van der Waals surface area contributed by atoms with Gasteiger partial charge in [-0.2, -0.15) is 0 Å². The Morgan fingerprint density at radius 1 is 1.35 bits per heavy atom. The number of carboxylic acid groups (broad SMARTS) is 1. The molecule has 102 valence electrons. The van der Waals surface area contributed by atoms with Gasteiger partial charge in [0.25, 0.3) is 0 Å². The van der Waals surface area contributed by atoms with Crippen molar-refractivity contribution in [3.8, 4) is 11.5 Å². The molecule has 0 unspecified atom stereocenters. The third-order valence-corrected chi connectivity index (χ3v) is 3.42. The number of aromatic amines is 1. The number of carboxylic acids is 1. The van der Waals surface area contributed by atoms with Gasteiger partial charge in [-0.3, -0.25) is 4.79 Å². The van der Waals surface area contributed by atoms with E-state index in [9.17, 15) is 4.79 Å². The molecule has 4 heteroatoms. The summed E-state index contributed by atoms with van der Waals surface area (Å²) in [6, 6.07) is 9.83. The molecule has 0 fully saturated rings. The molecule has 3 aromatic rings. The quantitative estimate of drug-likeness (QED) is 0.758. The average Bonchev–Trinajstić information content (AvgIpc) is 3.02. The van der Waals surface area contributed by atoms with Crippen molar-refractivity contribution >= 4 is 16.9 Å². The highest BCUT2D eigenvalue weighted by molar-refractivity contribution is 5.90. The number of fused-ring (bicyclic) bond motifs is 1. The predicted octanol–water partition coefficient (Wildman–Crippen LogP) is 3.75. The topological polar surface area (TPSA) is 66.2 Å². The van der Waals surface area contributed by atoms with Gasteiger partial charge in [0.05, 0.1) is 12.0 Å². The van der Waals surface area contributed by atoms with Gasteiger partial charge in [0.1, 0.15) is 5.76 Å². The summed E-state index contributed by atoms with van der Waals surface area (Å²) >= 11 is 0. The summed E-state index contributed by atoms with van der Waals surface area (Å²) in [7, 11) is 0.